The van der Waals surface area contributed by atoms with Crippen LogP contribution in [0, 0.1) is 0 Å². The maximum atomic E-state index is 2.46. The molecule has 0 aliphatic heterocycles. The van der Waals surface area contributed by atoms with E-state index in [-0.39, 0.29) is 16.2 Å². The predicted molar refractivity (Wildman–Crippen MR) is 122 cm³/mol. The summed E-state index contributed by atoms with van der Waals surface area (Å²) in [5.41, 5.74) is 7.56. The largest absolute Gasteiger partial charge is 0.0795 e. The van der Waals surface area contributed by atoms with Crippen molar-refractivity contribution in [3.05, 3.63) is 76.4 Å². The Balaban J connectivity index is 2.60. The second kappa shape index (κ2) is 7.66. The molecule has 0 unspecified atom stereocenters. The molecular formula is C27H38. The van der Waals surface area contributed by atoms with Crippen LogP contribution >= 0.6 is 0 Å². The van der Waals surface area contributed by atoms with E-state index in [1.807, 2.05) is 0 Å². The molecule has 0 bridgehead atoms. The van der Waals surface area contributed by atoms with E-state index in [0.717, 1.165) is 6.42 Å². The summed E-state index contributed by atoms with van der Waals surface area (Å²) in [7, 11) is 0. The molecule has 0 radical (unpaired) electrons. The van der Waals surface area contributed by atoms with Crippen LogP contribution in [0.15, 0.2) is 48.5 Å². The highest BCUT2D eigenvalue weighted by Gasteiger charge is 2.28. The molecule has 0 saturated heterocycles. The summed E-state index contributed by atoms with van der Waals surface area (Å²) in [5.74, 6) is 0. The van der Waals surface area contributed by atoms with Gasteiger partial charge in [-0.3, -0.25) is 0 Å². The standard InChI is InChI=1S/C27H38/c1-25(2,3)21-18-23(26(4,5)6)22(24(19-21)27(7,8)9)17-13-16-20-14-11-10-12-15-20/h10-16,18-19H,17H2,1-9H3/b16-13+. The van der Waals surface area contributed by atoms with Crippen molar-refractivity contribution in [2.24, 2.45) is 0 Å². The van der Waals surface area contributed by atoms with Crippen molar-refractivity contribution < 1.29 is 0 Å². The molecule has 0 N–H and O–H groups in total. The normalized spacial score (nSPS) is 13.4. The summed E-state index contributed by atoms with van der Waals surface area (Å²) >= 11 is 0. The van der Waals surface area contributed by atoms with E-state index in [4.69, 9.17) is 0 Å². The van der Waals surface area contributed by atoms with Crippen LogP contribution in [0.2, 0.25) is 0 Å². The van der Waals surface area contributed by atoms with Crippen molar-refractivity contribution >= 4 is 6.08 Å². The first kappa shape index (κ1) is 21.5. The molecule has 2 rings (SSSR count). The van der Waals surface area contributed by atoms with Crippen LogP contribution in [0.25, 0.3) is 6.08 Å². The molecule has 2 aromatic carbocycles. The van der Waals surface area contributed by atoms with E-state index in [0.29, 0.717) is 0 Å². The third kappa shape index (κ3) is 5.58. The van der Waals surface area contributed by atoms with Gasteiger partial charge in [-0.05, 0) is 50.5 Å². The molecule has 0 amide bonds. The Morgan fingerprint density at radius 1 is 0.667 bits per heavy atom. The number of hydrogen-bond donors (Lipinski definition) is 0. The second-order valence-corrected chi connectivity index (χ2v) is 10.8. The average Bonchev–Trinajstić information content (AvgIpc) is 2.52. The molecule has 27 heavy (non-hydrogen) atoms. The minimum Gasteiger partial charge on any atom is -0.0795 e. The molecule has 0 saturated carbocycles. The van der Waals surface area contributed by atoms with Gasteiger partial charge in [0, 0.05) is 0 Å². The SMILES string of the molecule is CC(C)(C)c1cc(C(C)(C)C)c(C/C=C/c2ccccc2)c(C(C)(C)C)c1. The molecule has 0 heteroatoms. The summed E-state index contributed by atoms with van der Waals surface area (Å²) in [6.45, 7) is 21.0. The minimum atomic E-state index is 0.122. The number of benzene rings is 2. The third-order valence-corrected chi connectivity index (χ3v) is 5.16. The Morgan fingerprint density at radius 3 is 1.56 bits per heavy atom. The minimum absolute atomic E-state index is 0.122. The third-order valence-electron chi connectivity index (χ3n) is 5.16. The Morgan fingerprint density at radius 2 is 1.15 bits per heavy atom. The lowest BCUT2D eigenvalue weighted by Gasteiger charge is -2.33. The summed E-state index contributed by atoms with van der Waals surface area (Å²) in [4.78, 5) is 0. The molecule has 146 valence electrons. The summed E-state index contributed by atoms with van der Waals surface area (Å²) in [6.07, 6.45) is 5.54. The molecule has 0 aliphatic carbocycles. The molecule has 0 aromatic heterocycles. The Labute approximate surface area is 167 Å². The molecule has 0 heterocycles. The molecule has 0 atom stereocenters. The van der Waals surface area contributed by atoms with E-state index >= 15 is 0 Å². The van der Waals surface area contributed by atoms with E-state index in [1.54, 1.807) is 0 Å². The first-order valence-electron chi connectivity index (χ1n) is 10.2. The van der Waals surface area contributed by atoms with E-state index in [1.165, 1.54) is 27.8 Å². The predicted octanol–water partition coefficient (Wildman–Crippen LogP) is 7.84. The zero-order valence-corrected chi connectivity index (χ0v) is 18.9. The fourth-order valence-corrected chi connectivity index (χ4v) is 3.54. The van der Waals surface area contributed by atoms with E-state index in [9.17, 15) is 0 Å². The van der Waals surface area contributed by atoms with Crippen molar-refractivity contribution in [2.45, 2.75) is 85.0 Å². The first-order valence-corrected chi connectivity index (χ1v) is 10.2. The second-order valence-electron chi connectivity index (χ2n) is 10.8. The van der Waals surface area contributed by atoms with Crippen molar-refractivity contribution in [1.82, 2.24) is 0 Å². The maximum absolute atomic E-state index is 2.46. The van der Waals surface area contributed by atoms with Gasteiger partial charge < -0.3 is 0 Å². The van der Waals surface area contributed by atoms with Gasteiger partial charge in [0.15, 0.2) is 0 Å². The Kier molecular flexibility index (Phi) is 6.10. The maximum Gasteiger partial charge on any atom is -0.00882 e. The van der Waals surface area contributed by atoms with Crippen LogP contribution in [0.4, 0.5) is 0 Å². The summed E-state index contributed by atoms with van der Waals surface area (Å²) in [6, 6.07) is 15.5. The molecule has 0 fully saturated rings. The topological polar surface area (TPSA) is 0 Å². The van der Waals surface area contributed by atoms with Gasteiger partial charge in [-0.1, -0.05) is 117 Å². The van der Waals surface area contributed by atoms with Crippen molar-refractivity contribution in [2.75, 3.05) is 0 Å². The monoisotopic (exact) mass is 362 g/mol. The van der Waals surface area contributed by atoms with Crippen molar-refractivity contribution in [3.8, 4) is 0 Å². The number of rotatable bonds is 3. The molecular weight excluding hydrogens is 324 g/mol. The fraction of sp³-hybridized carbons (Fsp3) is 0.481. The molecule has 2 aromatic rings. The molecule has 0 aliphatic rings. The van der Waals surface area contributed by atoms with Crippen molar-refractivity contribution in [3.63, 3.8) is 0 Å². The fourth-order valence-electron chi connectivity index (χ4n) is 3.54. The van der Waals surface area contributed by atoms with E-state index in [2.05, 4.69) is 117 Å². The zero-order valence-electron chi connectivity index (χ0n) is 18.9. The Hall–Kier alpha value is -1.82. The van der Waals surface area contributed by atoms with Gasteiger partial charge in [0.05, 0.1) is 0 Å². The van der Waals surface area contributed by atoms with Gasteiger partial charge in [-0.25, -0.2) is 0 Å². The van der Waals surface area contributed by atoms with Crippen LogP contribution in [0.5, 0.6) is 0 Å². The van der Waals surface area contributed by atoms with Crippen LogP contribution in [-0.4, -0.2) is 0 Å². The highest BCUT2D eigenvalue weighted by Crippen LogP contribution is 2.38. The summed E-state index contributed by atoms with van der Waals surface area (Å²) in [5, 5.41) is 0. The zero-order chi connectivity index (χ0) is 20.5. The van der Waals surface area contributed by atoms with Gasteiger partial charge >= 0.3 is 0 Å². The van der Waals surface area contributed by atoms with Crippen molar-refractivity contribution in [1.29, 1.82) is 0 Å². The lowest BCUT2D eigenvalue weighted by atomic mass is 9.71. The average molecular weight is 363 g/mol. The van der Waals surface area contributed by atoms with Gasteiger partial charge in [0.2, 0.25) is 0 Å². The molecule has 0 nitrogen and oxygen atoms in total. The lowest BCUT2D eigenvalue weighted by molar-refractivity contribution is 0.540. The quantitative estimate of drug-likeness (QED) is 0.522. The van der Waals surface area contributed by atoms with Crippen LogP contribution in [-0.2, 0) is 22.7 Å². The van der Waals surface area contributed by atoms with Crippen LogP contribution in [0.1, 0.15) is 90.1 Å². The summed E-state index contributed by atoms with van der Waals surface area (Å²) < 4.78 is 0. The highest BCUT2D eigenvalue weighted by molar-refractivity contribution is 5.52. The molecule has 0 spiro atoms. The smallest absolute Gasteiger partial charge is 0.00882 e. The first-order chi connectivity index (χ1) is 12.3. The highest BCUT2D eigenvalue weighted by atomic mass is 14.3. The van der Waals surface area contributed by atoms with Gasteiger partial charge in [0.1, 0.15) is 0 Å². The number of allylic oxidation sites excluding steroid dienone is 1. The van der Waals surface area contributed by atoms with Crippen LogP contribution < -0.4 is 0 Å². The van der Waals surface area contributed by atoms with E-state index < -0.39 is 0 Å². The Bertz CT molecular complexity index is 750. The number of hydrogen-bond acceptors (Lipinski definition) is 0. The lowest BCUT2D eigenvalue weighted by Crippen LogP contribution is -2.24. The van der Waals surface area contributed by atoms with Crippen LogP contribution in [0.3, 0.4) is 0 Å². The van der Waals surface area contributed by atoms with Gasteiger partial charge in [-0.15, -0.1) is 0 Å². The van der Waals surface area contributed by atoms with Gasteiger partial charge in [-0.2, -0.15) is 0 Å². The van der Waals surface area contributed by atoms with Gasteiger partial charge in [0.25, 0.3) is 0 Å².